The molecule has 0 saturated heterocycles. The van der Waals surface area contributed by atoms with Gasteiger partial charge >= 0.3 is 10.1 Å². The molecule has 0 aliphatic rings. The highest BCUT2D eigenvalue weighted by molar-refractivity contribution is 7.87. The molecule has 0 aliphatic heterocycles. The van der Waals surface area contributed by atoms with Crippen LogP contribution in [0.4, 0.5) is 0 Å². The highest BCUT2D eigenvalue weighted by Crippen LogP contribution is 2.25. The van der Waals surface area contributed by atoms with Crippen LogP contribution in [0, 0.1) is 6.92 Å². The number of phenols is 1. The Morgan fingerprint density at radius 2 is 1.76 bits per heavy atom. The number of carbonyl (C=O) groups excluding carboxylic acids is 1. The first-order valence-electron chi connectivity index (χ1n) is 5.93. The van der Waals surface area contributed by atoms with Crippen LogP contribution >= 0.6 is 0 Å². The van der Waals surface area contributed by atoms with Gasteiger partial charge in [0.25, 0.3) is 5.91 Å². The molecule has 0 spiro atoms. The quantitative estimate of drug-likeness (QED) is 0.834. The summed E-state index contributed by atoms with van der Waals surface area (Å²) in [7, 11) is -4.02. The van der Waals surface area contributed by atoms with Gasteiger partial charge < -0.3 is 15.0 Å². The molecule has 21 heavy (non-hydrogen) atoms. The largest absolute Gasteiger partial charge is 0.507 e. The van der Waals surface area contributed by atoms with E-state index in [1.54, 1.807) is 12.1 Å². The van der Waals surface area contributed by atoms with Crippen LogP contribution in [0.25, 0.3) is 0 Å². The van der Waals surface area contributed by atoms with Crippen LogP contribution in [0.15, 0.2) is 47.4 Å². The number of benzene rings is 2. The highest BCUT2D eigenvalue weighted by atomic mass is 32.2. The van der Waals surface area contributed by atoms with E-state index >= 15 is 0 Å². The van der Waals surface area contributed by atoms with Crippen molar-refractivity contribution in [3.63, 3.8) is 0 Å². The smallest absolute Gasteiger partial charge is 0.339 e. The molecule has 6 nitrogen and oxygen atoms in total. The third kappa shape index (κ3) is 3.32. The predicted molar refractivity (Wildman–Crippen MR) is 75.6 cm³/mol. The van der Waals surface area contributed by atoms with Crippen LogP contribution < -0.4 is 9.92 Å². The number of carbonyl (C=O) groups is 1. The molecule has 0 radical (unpaired) electrons. The van der Waals surface area contributed by atoms with Crippen LogP contribution in [0.1, 0.15) is 15.9 Å². The van der Waals surface area contributed by atoms with E-state index in [1.165, 1.54) is 18.2 Å². The lowest BCUT2D eigenvalue weighted by Gasteiger charge is -2.08. The summed E-state index contributed by atoms with van der Waals surface area (Å²) in [6.07, 6.45) is 0. The molecular formula is C14H13NO5S. The van der Waals surface area contributed by atoms with Crippen molar-refractivity contribution in [1.29, 1.82) is 0 Å². The molecule has 1 amide bonds. The van der Waals surface area contributed by atoms with Crippen LogP contribution in [0.5, 0.6) is 11.5 Å². The molecule has 0 heterocycles. The molecule has 2 aromatic carbocycles. The Bertz CT molecular complexity index is 782. The molecule has 110 valence electrons. The lowest BCUT2D eigenvalue weighted by atomic mass is 10.2. The van der Waals surface area contributed by atoms with Crippen molar-refractivity contribution in [2.45, 2.75) is 11.8 Å². The molecule has 0 bridgehead atoms. The van der Waals surface area contributed by atoms with E-state index in [4.69, 9.17) is 9.92 Å². The van der Waals surface area contributed by atoms with Crippen molar-refractivity contribution in [3.8, 4) is 11.5 Å². The Morgan fingerprint density at radius 3 is 2.33 bits per heavy atom. The van der Waals surface area contributed by atoms with Crippen molar-refractivity contribution in [3.05, 3.63) is 53.6 Å². The number of hydrogen-bond donors (Lipinski definition) is 2. The molecular weight excluding hydrogens is 294 g/mol. The zero-order valence-corrected chi connectivity index (χ0v) is 11.9. The predicted octanol–water partition coefficient (Wildman–Crippen LogP) is 1.57. The normalized spacial score (nSPS) is 11.1. The minimum absolute atomic E-state index is 0.0122. The number of amides is 1. The summed E-state index contributed by atoms with van der Waals surface area (Å²) in [4.78, 5) is 11.1. The maximum atomic E-state index is 12.1. The average Bonchev–Trinajstić information content (AvgIpc) is 2.41. The van der Waals surface area contributed by atoms with E-state index in [0.29, 0.717) is 0 Å². The molecule has 0 aliphatic carbocycles. The van der Waals surface area contributed by atoms with Gasteiger partial charge in [0.15, 0.2) is 0 Å². The Labute approximate surface area is 121 Å². The van der Waals surface area contributed by atoms with E-state index in [9.17, 15) is 18.3 Å². The first-order valence-corrected chi connectivity index (χ1v) is 7.34. The zero-order valence-electron chi connectivity index (χ0n) is 11.1. The van der Waals surface area contributed by atoms with Crippen LogP contribution in [-0.4, -0.2) is 19.4 Å². The van der Waals surface area contributed by atoms with Crippen LogP contribution in [0.3, 0.4) is 0 Å². The average molecular weight is 307 g/mol. The van der Waals surface area contributed by atoms with E-state index in [0.717, 1.165) is 17.7 Å². The standard InChI is InChI=1S/C14H13NO5S/c1-9-2-5-11(6-3-9)21(18,19)20-10-4-7-13(16)12(8-10)14(15)17/h2-8,16H,1H3,(H2,15,17). The third-order valence-electron chi connectivity index (χ3n) is 2.75. The summed E-state index contributed by atoms with van der Waals surface area (Å²) in [6.45, 7) is 1.83. The zero-order chi connectivity index (χ0) is 15.6. The molecule has 0 atom stereocenters. The second kappa shape index (κ2) is 5.45. The first kappa shape index (κ1) is 14.9. The summed E-state index contributed by atoms with van der Waals surface area (Å²) < 4.78 is 29.1. The Hall–Kier alpha value is -2.54. The Balaban J connectivity index is 2.35. The molecule has 0 aromatic heterocycles. The maximum Gasteiger partial charge on any atom is 0.339 e. The fourth-order valence-corrected chi connectivity index (χ4v) is 2.57. The minimum atomic E-state index is -4.02. The molecule has 7 heteroatoms. The van der Waals surface area contributed by atoms with E-state index in [2.05, 4.69) is 0 Å². The van der Waals surface area contributed by atoms with Gasteiger partial charge in [-0.3, -0.25) is 4.79 Å². The lowest BCUT2D eigenvalue weighted by Crippen LogP contribution is -2.13. The molecule has 2 aromatic rings. The van der Waals surface area contributed by atoms with Crippen molar-refractivity contribution in [2.75, 3.05) is 0 Å². The van der Waals surface area contributed by atoms with Gasteiger partial charge in [0, 0.05) is 0 Å². The molecule has 0 unspecified atom stereocenters. The van der Waals surface area contributed by atoms with Crippen LogP contribution in [0.2, 0.25) is 0 Å². The van der Waals surface area contributed by atoms with Gasteiger partial charge in [-0.15, -0.1) is 0 Å². The molecule has 0 fully saturated rings. The van der Waals surface area contributed by atoms with E-state index < -0.39 is 16.0 Å². The van der Waals surface area contributed by atoms with Crippen molar-refractivity contribution in [1.82, 2.24) is 0 Å². The van der Waals surface area contributed by atoms with Crippen LogP contribution in [-0.2, 0) is 10.1 Å². The van der Waals surface area contributed by atoms with Crippen molar-refractivity contribution >= 4 is 16.0 Å². The fraction of sp³-hybridized carbons (Fsp3) is 0.0714. The van der Waals surface area contributed by atoms with Gasteiger partial charge in [-0.25, -0.2) is 0 Å². The number of hydrogen-bond acceptors (Lipinski definition) is 5. The summed E-state index contributed by atoms with van der Waals surface area (Å²) in [5.74, 6) is -1.34. The third-order valence-corrected chi connectivity index (χ3v) is 4.01. The number of rotatable bonds is 4. The topological polar surface area (TPSA) is 107 Å². The van der Waals surface area contributed by atoms with E-state index in [-0.39, 0.29) is 22.0 Å². The maximum absolute atomic E-state index is 12.1. The molecule has 3 N–H and O–H groups in total. The van der Waals surface area contributed by atoms with Gasteiger partial charge in [0.1, 0.15) is 16.4 Å². The van der Waals surface area contributed by atoms with Gasteiger partial charge in [-0.05, 0) is 37.3 Å². The second-order valence-electron chi connectivity index (χ2n) is 4.39. The fourth-order valence-electron chi connectivity index (χ4n) is 1.64. The molecule has 2 rings (SSSR count). The lowest BCUT2D eigenvalue weighted by molar-refractivity contribution is 0.0997. The summed E-state index contributed by atoms with van der Waals surface area (Å²) in [6, 6.07) is 9.56. The summed E-state index contributed by atoms with van der Waals surface area (Å²) in [5, 5.41) is 9.45. The monoisotopic (exact) mass is 307 g/mol. The number of aromatic hydroxyl groups is 1. The van der Waals surface area contributed by atoms with Gasteiger partial charge in [-0.1, -0.05) is 17.7 Å². The molecule has 0 saturated carbocycles. The summed E-state index contributed by atoms with van der Waals surface area (Å²) >= 11 is 0. The highest BCUT2D eigenvalue weighted by Gasteiger charge is 2.18. The Morgan fingerprint density at radius 1 is 1.14 bits per heavy atom. The second-order valence-corrected chi connectivity index (χ2v) is 5.94. The minimum Gasteiger partial charge on any atom is -0.507 e. The SMILES string of the molecule is Cc1ccc(S(=O)(=O)Oc2ccc(O)c(C(N)=O)c2)cc1. The van der Waals surface area contributed by atoms with Crippen molar-refractivity contribution in [2.24, 2.45) is 5.73 Å². The van der Waals surface area contributed by atoms with E-state index in [1.807, 2.05) is 6.92 Å². The van der Waals surface area contributed by atoms with Gasteiger partial charge in [-0.2, -0.15) is 8.42 Å². The van der Waals surface area contributed by atoms with Gasteiger partial charge in [0.2, 0.25) is 0 Å². The summed E-state index contributed by atoms with van der Waals surface area (Å²) in [5.41, 5.74) is 5.77. The van der Waals surface area contributed by atoms with Gasteiger partial charge in [0.05, 0.1) is 5.56 Å². The van der Waals surface area contributed by atoms with Crippen molar-refractivity contribution < 1.29 is 22.5 Å². The Kier molecular flexibility index (Phi) is 3.86. The number of aryl methyl sites for hydroxylation is 1. The number of nitrogens with two attached hydrogens (primary N) is 1. The first-order chi connectivity index (χ1) is 9.79. The number of primary amides is 1.